The summed E-state index contributed by atoms with van der Waals surface area (Å²) in [6.45, 7) is 5.01. The van der Waals surface area contributed by atoms with Crippen LogP contribution >= 0.6 is 11.3 Å². The van der Waals surface area contributed by atoms with Crippen LogP contribution in [-0.2, 0) is 12.8 Å². The van der Waals surface area contributed by atoms with Crippen molar-refractivity contribution in [3.63, 3.8) is 0 Å². The number of rotatable bonds is 6. The summed E-state index contributed by atoms with van der Waals surface area (Å²) in [6.07, 6.45) is 3.77. The number of nitrogens with one attached hydrogen (secondary N) is 1. The number of hydrogen-bond donors (Lipinski definition) is 1. The van der Waals surface area contributed by atoms with E-state index >= 15 is 0 Å². The van der Waals surface area contributed by atoms with Crippen LogP contribution in [0.25, 0.3) is 16.0 Å². The minimum absolute atomic E-state index is 0.248. The number of thiazole rings is 1. The van der Waals surface area contributed by atoms with E-state index in [9.17, 15) is 4.39 Å². The van der Waals surface area contributed by atoms with Crippen molar-refractivity contribution < 1.29 is 9.13 Å². The van der Waals surface area contributed by atoms with Gasteiger partial charge in [0.25, 0.3) is 0 Å². The molecule has 28 heavy (non-hydrogen) atoms. The van der Waals surface area contributed by atoms with Gasteiger partial charge in [0, 0.05) is 37.4 Å². The Balaban J connectivity index is 1.81. The molecule has 1 N–H and O–H groups in total. The average Bonchev–Trinajstić information content (AvgIpc) is 3.10. The Morgan fingerprint density at radius 1 is 1.18 bits per heavy atom. The molecule has 0 fully saturated rings. The van der Waals surface area contributed by atoms with Crippen molar-refractivity contribution in [2.24, 2.45) is 4.99 Å². The van der Waals surface area contributed by atoms with Gasteiger partial charge in [-0.2, -0.15) is 0 Å². The molecule has 0 unspecified atom stereocenters. The molecule has 0 radical (unpaired) electrons. The molecule has 1 aliphatic rings. The van der Waals surface area contributed by atoms with Gasteiger partial charge in [-0.05, 0) is 36.1 Å². The van der Waals surface area contributed by atoms with E-state index in [1.54, 1.807) is 6.07 Å². The zero-order valence-electron chi connectivity index (χ0n) is 16.4. The molecule has 0 atom stereocenters. The normalized spacial score (nSPS) is 13.4. The smallest absolute Gasteiger partial charge is 0.183 e. The summed E-state index contributed by atoms with van der Waals surface area (Å²) in [7, 11) is 1.81. The van der Waals surface area contributed by atoms with Crippen molar-refractivity contribution in [2.45, 2.75) is 39.5 Å². The minimum atomic E-state index is -0.393. The van der Waals surface area contributed by atoms with Gasteiger partial charge in [-0.25, -0.2) is 9.37 Å². The molecule has 4 rings (SSSR count). The van der Waals surface area contributed by atoms with Crippen LogP contribution in [0.1, 0.15) is 37.8 Å². The molecule has 0 bridgehead atoms. The van der Waals surface area contributed by atoms with Crippen LogP contribution in [0.3, 0.4) is 0 Å². The fraction of sp³-hybridized carbons (Fsp3) is 0.364. The Kier molecular flexibility index (Phi) is 5.31. The van der Waals surface area contributed by atoms with E-state index < -0.39 is 5.82 Å². The van der Waals surface area contributed by atoms with E-state index in [-0.39, 0.29) is 5.75 Å². The maximum Gasteiger partial charge on any atom is 0.183 e. The largest absolute Gasteiger partial charge is 0.458 e. The maximum atomic E-state index is 14.7. The number of anilines is 1. The highest BCUT2D eigenvalue weighted by atomic mass is 32.1. The summed E-state index contributed by atoms with van der Waals surface area (Å²) in [5, 5.41) is 5.71. The quantitative estimate of drug-likeness (QED) is 0.678. The zero-order valence-corrected chi connectivity index (χ0v) is 17.3. The minimum Gasteiger partial charge on any atom is -0.458 e. The third-order valence-corrected chi connectivity index (χ3v) is 6.06. The van der Waals surface area contributed by atoms with Gasteiger partial charge in [0.1, 0.15) is 5.76 Å². The second-order valence-electron chi connectivity index (χ2n) is 6.92. The molecular weight excluding hydrogens is 373 g/mol. The summed E-state index contributed by atoms with van der Waals surface area (Å²) in [5.74, 6) is 0.649. The van der Waals surface area contributed by atoms with Crippen molar-refractivity contribution in [1.29, 1.82) is 0 Å². The van der Waals surface area contributed by atoms with Gasteiger partial charge in [0.05, 0.1) is 15.6 Å². The number of aromatic nitrogens is 1. The Hall–Kier alpha value is -2.47. The summed E-state index contributed by atoms with van der Waals surface area (Å²) >= 11 is 1.49. The fourth-order valence-electron chi connectivity index (χ4n) is 3.63. The van der Waals surface area contributed by atoms with Crippen LogP contribution in [0.15, 0.2) is 29.3 Å². The number of fused-ring (bicyclic) bond motifs is 2. The molecule has 2 aromatic carbocycles. The van der Waals surface area contributed by atoms with Gasteiger partial charge in [-0.1, -0.05) is 31.6 Å². The van der Waals surface area contributed by atoms with E-state index in [2.05, 4.69) is 41.3 Å². The first kappa shape index (κ1) is 18.9. The predicted molar refractivity (Wildman–Crippen MR) is 113 cm³/mol. The lowest BCUT2D eigenvalue weighted by Gasteiger charge is -2.15. The standard InChI is InChI=1S/C22H24FN3OS/c1-4-6-14-9-15-17(10-13(14)5-2)25-8-7-19(15)27-20-12-21-18(11-16(20)23)26-22(24-3)28-21/h9-12H,4-8H2,1-3H3,(H,24,26). The molecule has 146 valence electrons. The van der Waals surface area contributed by atoms with E-state index in [4.69, 9.17) is 4.74 Å². The Morgan fingerprint density at radius 2 is 2.04 bits per heavy atom. The number of benzene rings is 2. The van der Waals surface area contributed by atoms with Gasteiger partial charge in [-0.3, -0.25) is 4.99 Å². The average molecular weight is 398 g/mol. The van der Waals surface area contributed by atoms with Gasteiger partial charge in [0.15, 0.2) is 16.7 Å². The first-order valence-electron chi connectivity index (χ1n) is 9.78. The first-order chi connectivity index (χ1) is 13.6. The summed E-state index contributed by atoms with van der Waals surface area (Å²) in [6, 6.07) is 7.55. The molecular formula is C22H24FN3OS. The van der Waals surface area contributed by atoms with Gasteiger partial charge < -0.3 is 10.1 Å². The first-order valence-corrected chi connectivity index (χ1v) is 10.6. The molecule has 2 heterocycles. The molecule has 1 aromatic heterocycles. The van der Waals surface area contributed by atoms with Crippen LogP contribution in [0.4, 0.5) is 9.52 Å². The summed E-state index contributed by atoms with van der Waals surface area (Å²) in [4.78, 5) is 9.03. The Morgan fingerprint density at radius 3 is 2.79 bits per heavy atom. The monoisotopic (exact) mass is 397 g/mol. The van der Waals surface area contributed by atoms with Gasteiger partial charge in [0.2, 0.25) is 0 Å². The molecule has 3 aromatic rings. The Labute approximate surface area is 167 Å². The molecule has 1 aliphatic heterocycles. The van der Waals surface area contributed by atoms with Crippen LogP contribution < -0.4 is 20.6 Å². The fourth-order valence-corrected chi connectivity index (χ4v) is 4.46. The van der Waals surface area contributed by atoms with Crippen molar-refractivity contribution in [3.8, 4) is 5.75 Å². The lowest BCUT2D eigenvalue weighted by Crippen LogP contribution is -2.34. The summed E-state index contributed by atoms with van der Waals surface area (Å²) < 4.78 is 21.7. The van der Waals surface area contributed by atoms with E-state index in [0.717, 1.165) is 45.4 Å². The topological polar surface area (TPSA) is 46.5 Å². The third-order valence-electron chi connectivity index (χ3n) is 5.03. The molecule has 0 saturated heterocycles. The number of aryl methyl sites for hydroxylation is 2. The van der Waals surface area contributed by atoms with Crippen molar-refractivity contribution >= 4 is 32.4 Å². The second-order valence-corrected chi connectivity index (χ2v) is 7.95. The van der Waals surface area contributed by atoms with Crippen LogP contribution in [0.5, 0.6) is 5.75 Å². The van der Waals surface area contributed by atoms with Crippen LogP contribution in [0, 0.1) is 5.82 Å². The van der Waals surface area contributed by atoms with Gasteiger partial charge in [-0.15, -0.1) is 0 Å². The van der Waals surface area contributed by atoms with Crippen LogP contribution in [-0.4, -0.2) is 18.6 Å². The predicted octanol–water partition coefficient (Wildman–Crippen LogP) is 4.20. The van der Waals surface area contributed by atoms with Crippen LogP contribution in [0.2, 0.25) is 0 Å². The maximum absolute atomic E-state index is 14.7. The lowest BCUT2D eigenvalue weighted by molar-refractivity contribution is 0.444. The highest BCUT2D eigenvalue weighted by Crippen LogP contribution is 2.32. The second kappa shape index (κ2) is 7.87. The number of hydrogen-bond acceptors (Lipinski definition) is 5. The molecule has 6 heteroatoms. The van der Waals surface area contributed by atoms with E-state index in [1.165, 1.54) is 28.5 Å². The van der Waals surface area contributed by atoms with E-state index in [1.807, 2.05) is 7.05 Å². The van der Waals surface area contributed by atoms with E-state index in [0.29, 0.717) is 18.5 Å². The van der Waals surface area contributed by atoms with Crippen molar-refractivity contribution in [3.05, 3.63) is 51.8 Å². The number of halogens is 1. The highest BCUT2D eigenvalue weighted by Gasteiger charge is 2.15. The Bertz CT molecular complexity index is 1150. The highest BCUT2D eigenvalue weighted by molar-refractivity contribution is 7.22. The molecule has 0 saturated carbocycles. The third kappa shape index (κ3) is 3.49. The number of nitrogens with zero attached hydrogens (tertiary/aromatic N) is 2. The molecule has 0 spiro atoms. The lowest BCUT2D eigenvalue weighted by atomic mass is 9.98. The van der Waals surface area contributed by atoms with Crippen molar-refractivity contribution in [1.82, 2.24) is 4.98 Å². The van der Waals surface area contributed by atoms with Crippen molar-refractivity contribution in [2.75, 3.05) is 18.9 Å². The zero-order chi connectivity index (χ0) is 19.7. The SMILES string of the molecule is CCCc1cc2c(cc1CC)=NCCC=2Oc1cc2sc(NC)nc2cc1F. The molecule has 4 nitrogen and oxygen atoms in total. The van der Waals surface area contributed by atoms with Gasteiger partial charge >= 0.3 is 0 Å². The summed E-state index contributed by atoms with van der Waals surface area (Å²) in [5.41, 5.74) is 3.31. The molecule has 0 aliphatic carbocycles. The molecule has 0 amide bonds. The number of ether oxygens (including phenoxy) is 1.